The van der Waals surface area contributed by atoms with Crippen LogP contribution < -0.4 is 10.2 Å². The SMILES string of the molecule is O=C(c1ccc(F)cc1)[C@@H](C[NH+]1CC[NH2+]CC1)c1ccccc1. The number of Topliss-reactive ketones (excluding diaryl/α,β-unsaturated/α-hetero) is 1. The largest absolute Gasteiger partial charge is 0.337 e. The van der Waals surface area contributed by atoms with Crippen LogP contribution in [0.25, 0.3) is 0 Å². The Morgan fingerprint density at radius 2 is 1.70 bits per heavy atom. The third kappa shape index (κ3) is 4.03. The molecule has 2 aromatic carbocycles. The van der Waals surface area contributed by atoms with Crippen molar-refractivity contribution in [1.29, 1.82) is 0 Å². The minimum Gasteiger partial charge on any atom is -0.337 e. The lowest BCUT2D eigenvalue weighted by atomic mass is 9.90. The van der Waals surface area contributed by atoms with Gasteiger partial charge in [0.15, 0.2) is 5.78 Å². The van der Waals surface area contributed by atoms with Crippen molar-refractivity contribution in [2.24, 2.45) is 0 Å². The fraction of sp³-hybridized carbons (Fsp3) is 0.316. The first kappa shape index (κ1) is 15.8. The molecule has 1 heterocycles. The monoisotopic (exact) mass is 314 g/mol. The molecule has 0 spiro atoms. The van der Waals surface area contributed by atoms with Crippen LogP contribution in [0.5, 0.6) is 0 Å². The molecule has 120 valence electrons. The maximum absolute atomic E-state index is 13.1. The van der Waals surface area contributed by atoms with Gasteiger partial charge in [0.25, 0.3) is 0 Å². The van der Waals surface area contributed by atoms with Crippen molar-refractivity contribution in [3.63, 3.8) is 0 Å². The van der Waals surface area contributed by atoms with E-state index < -0.39 is 0 Å². The Balaban J connectivity index is 1.84. The van der Waals surface area contributed by atoms with Crippen molar-refractivity contribution in [3.05, 3.63) is 71.5 Å². The van der Waals surface area contributed by atoms with E-state index in [1.54, 1.807) is 12.1 Å². The standard InChI is InChI=1S/C19H21FN2O/c20-17-8-6-16(7-9-17)19(23)18(15-4-2-1-3-5-15)14-22-12-10-21-11-13-22/h1-9,18,21H,10-14H2/p+2/t18-/m0/s1. The van der Waals surface area contributed by atoms with Gasteiger partial charge in [-0.1, -0.05) is 30.3 Å². The van der Waals surface area contributed by atoms with E-state index in [2.05, 4.69) is 5.32 Å². The average Bonchev–Trinajstić information content (AvgIpc) is 2.61. The molecular formula is C19H23FN2O+2. The summed E-state index contributed by atoms with van der Waals surface area (Å²) in [6.07, 6.45) is 0. The zero-order valence-electron chi connectivity index (χ0n) is 13.2. The van der Waals surface area contributed by atoms with Crippen LogP contribution in [0.3, 0.4) is 0 Å². The third-order valence-electron chi connectivity index (χ3n) is 4.54. The predicted molar refractivity (Wildman–Crippen MR) is 87.1 cm³/mol. The Morgan fingerprint density at radius 3 is 2.35 bits per heavy atom. The number of halogens is 1. The van der Waals surface area contributed by atoms with E-state index in [0.29, 0.717) is 5.56 Å². The van der Waals surface area contributed by atoms with Gasteiger partial charge in [-0.15, -0.1) is 0 Å². The number of rotatable bonds is 5. The molecule has 0 bridgehead atoms. The first-order chi connectivity index (χ1) is 11.2. The number of carbonyl (C=O) groups excluding carboxylic acids is 1. The summed E-state index contributed by atoms with van der Waals surface area (Å²) < 4.78 is 13.1. The van der Waals surface area contributed by atoms with Crippen molar-refractivity contribution in [3.8, 4) is 0 Å². The Hall–Kier alpha value is -2.04. The van der Waals surface area contributed by atoms with Crippen LogP contribution in [-0.4, -0.2) is 38.5 Å². The van der Waals surface area contributed by atoms with Crippen LogP contribution in [0.15, 0.2) is 54.6 Å². The lowest BCUT2D eigenvalue weighted by Crippen LogP contribution is -3.20. The second kappa shape index (κ2) is 7.49. The van der Waals surface area contributed by atoms with Gasteiger partial charge in [0.2, 0.25) is 0 Å². The maximum atomic E-state index is 13.1. The first-order valence-electron chi connectivity index (χ1n) is 8.24. The van der Waals surface area contributed by atoms with Crippen LogP contribution >= 0.6 is 0 Å². The number of benzene rings is 2. The zero-order valence-corrected chi connectivity index (χ0v) is 13.2. The summed E-state index contributed by atoms with van der Waals surface area (Å²) >= 11 is 0. The predicted octanol–water partition coefficient (Wildman–Crippen LogP) is 0.254. The highest BCUT2D eigenvalue weighted by Crippen LogP contribution is 2.20. The van der Waals surface area contributed by atoms with Gasteiger partial charge < -0.3 is 10.2 Å². The zero-order chi connectivity index (χ0) is 16.1. The lowest BCUT2D eigenvalue weighted by molar-refractivity contribution is -0.947. The molecule has 2 aromatic rings. The number of carbonyl (C=O) groups is 1. The normalized spacial score (nSPS) is 16.9. The highest BCUT2D eigenvalue weighted by molar-refractivity contribution is 6.01. The summed E-state index contributed by atoms with van der Waals surface area (Å²) in [6.45, 7) is 5.19. The van der Waals surface area contributed by atoms with Gasteiger partial charge in [0, 0.05) is 5.56 Å². The molecule has 0 radical (unpaired) electrons. The third-order valence-corrected chi connectivity index (χ3v) is 4.54. The summed E-state index contributed by atoms with van der Waals surface area (Å²) in [6, 6.07) is 15.8. The van der Waals surface area contributed by atoms with Gasteiger partial charge in [0.05, 0.1) is 12.5 Å². The molecule has 0 unspecified atom stereocenters. The Labute approximate surface area is 136 Å². The van der Waals surface area contributed by atoms with E-state index in [1.165, 1.54) is 17.0 Å². The summed E-state index contributed by atoms with van der Waals surface area (Å²) in [5.74, 6) is -0.400. The smallest absolute Gasteiger partial charge is 0.175 e. The van der Waals surface area contributed by atoms with Gasteiger partial charge in [0.1, 0.15) is 32.0 Å². The molecule has 1 atom stereocenters. The molecule has 1 saturated heterocycles. The van der Waals surface area contributed by atoms with E-state index in [9.17, 15) is 9.18 Å². The molecule has 0 amide bonds. The minimum absolute atomic E-state index is 0.0817. The van der Waals surface area contributed by atoms with Crippen molar-refractivity contribution >= 4 is 5.78 Å². The van der Waals surface area contributed by atoms with Crippen LogP contribution in [0, 0.1) is 5.82 Å². The second-order valence-corrected chi connectivity index (χ2v) is 6.15. The molecule has 1 aliphatic rings. The highest BCUT2D eigenvalue weighted by Gasteiger charge is 2.28. The Kier molecular flexibility index (Phi) is 5.16. The van der Waals surface area contributed by atoms with E-state index >= 15 is 0 Å². The Bertz CT molecular complexity index is 636. The van der Waals surface area contributed by atoms with Gasteiger partial charge in [-0.3, -0.25) is 4.79 Å². The number of ketones is 1. The van der Waals surface area contributed by atoms with Crippen LogP contribution in [0.4, 0.5) is 4.39 Å². The van der Waals surface area contributed by atoms with Crippen molar-refractivity contribution < 1.29 is 19.4 Å². The average molecular weight is 314 g/mol. The van der Waals surface area contributed by atoms with Crippen LogP contribution in [-0.2, 0) is 0 Å². The number of hydrogen-bond donors (Lipinski definition) is 2. The van der Waals surface area contributed by atoms with Crippen molar-refractivity contribution in [2.45, 2.75) is 5.92 Å². The number of nitrogens with two attached hydrogens (primary N) is 1. The Morgan fingerprint density at radius 1 is 1.04 bits per heavy atom. The molecule has 0 aliphatic carbocycles. The molecule has 3 N–H and O–H groups in total. The number of piperazine rings is 1. The molecule has 0 saturated carbocycles. The first-order valence-corrected chi connectivity index (χ1v) is 8.24. The van der Waals surface area contributed by atoms with Gasteiger partial charge in [-0.2, -0.15) is 0 Å². The fourth-order valence-electron chi connectivity index (χ4n) is 3.24. The molecule has 1 aliphatic heterocycles. The molecule has 1 fully saturated rings. The van der Waals surface area contributed by atoms with Gasteiger partial charge in [-0.25, -0.2) is 4.39 Å². The number of quaternary nitrogens is 2. The molecule has 23 heavy (non-hydrogen) atoms. The van der Waals surface area contributed by atoms with Gasteiger partial charge >= 0.3 is 0 Å². The number of nitrogens with one attached hydrogen (secondary N) is 1. The molecular weight excluding hydrogens is 291 g/mol. The van der Waals surface area contributed by atoms with Crippen LogP contribution in [0.2, 0.25) is 0 Å². The fourth-order valence-corrected chi connectivity index (χ4v) is 3.24. The van der Waals surface area contributed by atoms with Gasteiger partial charge in [-0.05, 0) is 29.8 Å². The molecule has 0 aromatic heterocycles. The van der Waals surface area contributed by atoms with E-state index in [1.807, 2.05) is 30.3 Å². The topological polar surface area (TPSA) is 38.1 Å². The van der Waals surface area contributed by atoms with Crippen molar-refractivity contribution in [1.82, 2.24) is 0 Å². The summed E-state index contributed by atoms with van der Waals surface area (Å²) in [5.41, 5.74) is 1.63. The quantitative estimate of drug-likeness (QED) is 0.763. The summed E-state index contributed by atoms with van der Waals surface area (Å²) in [5, 5.41) is 2.32. The number of hydrogen-bond acceptors (Lipinski definition) is 1. The molecule has 4 heteroatoms. The minimum atomic E-state index is -0.310. The lowest BCUT2D eigenvalue weighted by Gasteiger charge is -2.26. The molecule has 3 rings (SSSR count). The second-order valence-electron chi connectivity index (χ2n) is 6.15. The van der Waals surface area contributed by atoms with Crippen LogP contribution in [0.1, 0.15) is 21.8 Å². The highest BCUT2D eigenvalue weighted by atomic mass is 19.1. The van der Waals surface area contributed by atoms with Crippen molar-refractivity contribution in [2.75, 3.05) is 32.7 Å². The maximum Gasteiger partial charge on any atom is 0.175 e. The van der Waals surface area contributed by atoms with E-state index in [0.717, 1.165) is 38.3 Å². The summed E-state index contributed by atoms with van der Waals surface area (Å²) in [7, 11) is 0. The van der Waals surface area contributed by atoms with E-state index in [4.69, 9.17) is 0 Å². The van der Waals surface area contributed by atoms with E-state index in [-0.39, 0.29) is 17.5 Å². The molecule has 3 nitrogen and oxygen atoms in total. The summed E-state index contributed by atoms with van der Waals surface area (Å²) in [4.78, 5) is 14.5.